The lowest BCUT2D eigenvalue weighted by Gasteiger charge is -2.16. The monoisotopic (exact) mass is 385 g/mol. The molecule has 0 bridgehead atoms. The van der Waals surface area contributed by atoms with E-state index in [-0.39, 0.29) is 5.78 Å². The van der Waals surface area contributed by atoms with Crippen LogP contribution in [0.25, 0.3) is 0 Å². The first kappa shape index (κ1) is 19.1. The second-order valence-corrected chi connectivity index (χ2v) is 6.26. The molecule has 0 saturated carbocycles. The number of Topliss-reactive ketones (excluding diaryl/α,β-unsaturated/α-hetero) is 1. The zero-order valence-electron chi connectivity index (χ0n) is 14.7. The number of carbonyl (C=O) groups is 1. The molecule has 0 fully saturated rings. The molecule has 3 rings (SSSR count). The molecule has 7 heteroatoms. The molecule has 1 aromatic heterocycles. The Morgan fingerprint density at radius 2 is 1.81 bits per heavy atom. The summed E-state index contributed by atoms with van der Waals surface area (Å²) in [4.78, 5) is 16.8. The van der Waals surface area contributed by atoms with Crippen LogP contribution in [0.3, 0.4) is 0 Å². The highest BCUT2D eigenvalue weighted by molar-refractivity contribution is 6.30. The molecule has 0 N–H and O–H groups in total. The standard InChI is InChI=1S/C20H20ClN3O3/c21-17-8-6-16(7-9-17)20(25)19(24-15-22-14-23-24)10-11-26-12-13-27-18-4-2-1-3-5-18/h1-9,14-15,19H,10-13H2. The summed E-state index contributed by atoms with van der Waals surface area (Å²) < 4.78 is 12.8. The third-order valence-electron chi connectivity index (χ3n) is 3.96. The molecule has 0 amide bonds. The predicted octanol–water partition coefficient (Wildman–Crippen LogP) is 3.84. The number of rotatable bonds is 10. The maximum atomic E-state index is 12.8. The second kappa shape index (κ2) is 9.85. The average molecular weight is 386 g/mol. The van der Waals surface area contributed by atoms with Crippen LogP contribution in [-0.4, -0.2) is 40.4 Å². The van der Waals surface area contributed by atoms with Gasteiger partial charge in [0, 0.05) is 23.6 Å². The van der Waals surface area contributed by atoms with Crippen molar-refractivity contribution in [1.82, 2.24) is 14.8 Å². The Labute approximate surface area is 162 Å². The Bertz CT molecular complexity index is 823. The summed E-state index contributed by atoms with van der Waals surface area (Å²) in [6.07, 6.45) is 3.43. The first-order valence-electron chi connectivity index (χ1n) is 8.63. The lowest BCUT2D eigenvalue weighted by molar-refractivity contribution is 0.0762. The van der Waals surface area contributed by atoms with Crippen LogP contribution in [0.4, 0.5) is 0 Å². The van der Waals surface area contributed by atoms with Crippen LogP contribution in [0, 0.1) is 0 Å². The maximum Gasteiger partial charge on any atom is 0.187 e. The molecule has 2 aromatic carbocycles. The fourth-order valence-electron chi connectivity index (χ4n) is 2.60. The number of ketones is 1. The number of halogens is 1. The van der Waals surface area contributed by atoms with Crippen LogP contribution in [0.5, 0.6) is 5.75 Å². The van der Waals surface area contributed by atoms with E-state index in [9.17, 15) is 4.79 Å². The van der Waals surface area contributed by atoms with Crippen molar-refractivity contribution >= 4 is 17.4 Å². The van der Waals surface area contributed by atoms with Crippen LogP contribution < -0.4 is 4.74 Å². The van der Waals surface area contributed by atoms with Crippen molar-refractivity contribution in [2.45, 2.75) is 12.5 Å². The van der Waals surface area contributed by atoms with Gasteiger partial charge in [0.15, 0.2) is 5.78 Å². The molecule has 0 radical (unpaired) electrons. The van der Waals surface area contributed by atoms with Gasteiger partial charge in [-0.25, -0.2) is 9.67 Å². The molecular weight excluding hydrogens is 366 g/mol. The summed E-state index contributed by atoms with van der Waals surface area (Å²) >= 11 is 5.90. The predicted molar refractivity (Wildman–Crippen MR) is 102 cm³/mol. The molecular formula is C20H20ClN3O3. The quantitative estimate of drug-likeness (QED) is 0.392. The van der Waals surface area contributed by atoms with Crippen LogP contribution >= 0.6 is 11.6 Å². The molecule has 0 aliphatic carbocycles. The number of aromatic nitrogens is 3. The van der Waals surface area contributed by atoms with Gasteiger partial charge in [0.05, 0.1) is 6.61 Å². The van der Waals surface area contributed by atoms with Gasteiger partial charge in [0.25, 0.3) is 0 Å². The maximum absolute atomic E-state index is 12.8. The number of benzene rings is 2. The molecule has 0 spiro atoms. The van der Waals surface area contributed by atoms with Crippen molar-refractivity contribution in [1.29, 1.82) is 0 Å². The van der Waals surface area contributed by atoms with E-state index < -0.39 is 6.04 Å². The number of hydrogen-bond acceptors (Lipinski definition) is 5. The number of ether oxygens (including phenoxy) is 2. The Kier molecular flexibility index (Phi) is 6.96. The summed E-state index contributed by atoms with van der Waals surface area (Å²) in [6, 6.07) is 15.9. The lowest BCUT2D eigenvalue weighted by atomic mass is 10.0. The minimum absolute atomic E-state index is 0.0543. The molecule has 0 aliphatic heterocycles. The molecule has 3 aromatic rings. The number of para-hydroxylation sites is 1. The summed E-state index contributed by atoms with van der Waals surface area (Å²) in [5, 5.41) is 4.70. The normalized spacial score (nSPS) is 11.9. The zero-order chi connectivity index (χ0) is 18.9. The Balaban J connectivity index is 1.50. The van der Waals surface area contributed by atoms with Crippen LogP contribution in [-0.2, 0) is 4.74 Å². The fourth-order valence-corrected chi connectivity index (χ4v) is 2.73. The van der Waals surface area contributed by atoms with E-state index in [1.165, 1.54) is 12.7 Å². The Morgan fingerprint density at radius 1 is 1.04 bits per heavy atom. The summed E-state index contributed by atoms with van der Waals surface area (Å²) in [5.41, 5.74) is 0.576. The summed E-state index contributed by atoms with van der Waals surface area (Å²) in [6.45, 7) is 1.29. The molecule has 1 atom stereocenters. The number of carbonyl (C=O) groups excluding carboxylic acids is 1. The average Bonchev–Trinajstić information content (AvgIpc) is 3.23. The highest BCUT2D eigenvalue weighted by Gasteiger charge is 2.22. The van der Waals surface area contributed by atoms with Crippen molar-refractivity contribution in [3.8, 4) is 5.75 Å². The van der Waals surface area contributed by atoms with E-state index in [4.69, 9.17) is 21.1 Å². The Hall–Kier alpha value is -2.70. The minimum Gasteiger partial charge on any atom is -0.491 e. The third-order valence-corrected chi connectivity index (χ3v) is 4.21. The first-order valence-corrected chi connectivity index (χ1v) is 9.01. The highest BCUT2D eigenvalue weighted by atomic mass is 35.5. The zero-order valence-corrected chi connectivity index (χ0v) is 15.5. The van der Waals surface area contributed by atoms with Gasteiger partial charge in [-0.2, -0.15) is 5.10 Å². The summed E-state index contributed by atoms with van der Waals surface area (Å²) in [5.74, 6) is 0.751. The molecule has 27 heavy (non-hydrogen) atoms. The highest BCUT2D eigenvalue weighted by Crippen LogP contribution is 2.19. The van der Waals surface area contributed by atoms with E-state index >= 15 is 0 Å². The fraction of sp³-hybridized carbons (Fsp3) is 0.250. The smallest absolute Gasteiger partial charge is 0.187 e. The van der Waals surface area contributed by atoms with Crippen molar-refractivity contribution in [3.05, 3.63) is 77.8 Å². The molecule has 6 nitrogen and oxygen atoms in total. The van der Waals surface area contributed by atoms with Gasteiger partial charge < -0.3 is 9.47 Å². The van der Waals surface area contributed by atoms with Gasteiger partial charge in [-0.05, 0) is 36.4 Å². The van der Waals surface area contributed by atoms with E-state index in [0.29, 0.717) is 36.8 Å². The lowest BCUT2D eigenvalue weighted by Crippen LogP contribution is -2.22. The number of nitrogens with zero attached hydrogens (tertiary/aromatic N) is 3. The second-order valence-electron chi connectivity index (χ2n) is 5.82. The van der Waals surface area contributed by atoms with Crippen molar-refractivity contribution in [3.63, 3.8) is 0 Å². The van der Waals surface area contributed by atoms with Crippen molar-refractivity contribution < 1.29 is 14.3 Å². The number of hydrogen-bond donors (Lipinski definition) is 0. The summed E-state index contributed by atoms with van der Waals surface area (Å²) in [7, 11) is 0. The van der Waals surface area contributed by atoms with E-state index in [1.807, 2.05) is 30.3 Å². The van der Waals surface area contributed by atoms with Crippen LogP contribution in [0.15, 0.2) is 67.3 Å². The van der Waals surface area contributed by atoms with E-state index in [1.54, 1.807) is 28.9 Å². The third kappa shape index (κ3) is 5.64. The SMILES string of the molecule is O=C(c1ccc(Cl)cc1)C(CCOCCOc1ccccc1)n1cncn1. The van der Waals surface area contributed by atoms with E-state index in [2.05, 4.69) is 10.1 Å². The van der Waals surface area contributed by atoms with Crippen LogP contribution in [0.2, 0.25) is 5.02 Å². The van der Waals surface area contributed by atoms with E-state index in [0.717, 1.165) is 5.75 Å². The minimum atomic E-state index is -0.483. The Morgan fingerprint density at radius 3 is 2.52 bits per heavy atom. The van der Waals surface area contributed by atoms with Gasteiger partial charge >= 0.3 is 0 Å². The van der Waals surface area contributed by atoms with Gasteiger partial charge in [-0.1, -0.05) is 29.8 Å². The van der Waals surface area contributed by atoms with Crippen molar-refractivity contribution in [2.75, 3.05) is 19.8 Å². The van der Waals surface area contributed by atoms with Gasteiger partial charge in [0.1, 0.15) is 31.1 Å². The molecule has 0 saturated heterocycles. The molecule has 140 valence electrons. The largest absolute Gasteiger partial charge is 0.491 e. The van der Waals surface area contributed by atoms with Gasteiger partial charge in [0.2, 0.25) is 0 Å². The van der Waals surface area contributed by atoms with Gasteiger partial charge in [-0.15, -0.1) is 0 Å². The molecule has 1 heterocycles. The van der Waals surface area contributed by atoms with Crippen LogP contribution in [0.1, 0.15) is 22.8 Å². The van der Waals surface area contributed by atoms with Crippen molar-refractivity contribution in [2.24, 2.45) is 0 Å². The topological polar surface area (TPSA) is 66.2 Å². The molecule has 0 aliphatic rings. The molecule has 1 unspecified atom stereocenters. The van der Waals surface area contributed by atoms with Gasteiger partial charge in [-0.3, -0.25) is 4.79 Å². The first-order chi connectivity index (χ1) is 13.2.